The van der Waals surface area contributed by atoms with Gasteiger partial charge in [0.25, 0.3) is 5.91 Å². The van der Waals surface area contributed by atoms with Gasteiger partial charge in [0.1, 0.15) is 17.0 Å². The number of hydrogen-bond donors (Lipinski definition) is 1. The average Bonchev–Trinajstić information content (AvgIpc) is 3.31. The van der Waals surface area contributed by atoms with Crippen LogP contribution in [0.25, 0.3) is 22.5 Å². The number of furan rings is 1. The first kappa shape index (κ1) is 14.6. The van der Waals surface area contributed by atoms with Gasteiger partial charge >= 0.3 is 0 Å². The van der Waals surface area contributed by atoms with E-state index in [4.69, 9.17) is 8.94 Å². The molecule has 0 saturated carbocycles. The minimum atomic E-state index is -0.229. The van der Waals surface area contributed by atoms with E-state index < -0.39 is 0 Å². The minimum Gasteiger partial charge on any atom is -0.453 e. The molecule has 7 heteroatoms. The largest absolute Gasteiger partial charge is 0.453 e. The summed E-state index contributed by atoms with van der Waals surface area (Å²) in [6.45, 7) is 2.12. The maximum Gasteiger partial charge on any atom is 0.271 e. The molecule has 0 saturated heterocycles. The number of thiazole rings is 1. The van der Waals surface area contributed by atoms with Gasteiger partial charge in [-0.05, 0) is 19.1 Å². The summed E-state index contributed by atoms with van der Waals surface area (Å²) >= 11 is 1.44. The second-order valence-corrected chi connectivity index (χ2v) is 6.33. The molecule has 4 rings (SSSR count). The van der Waals surface area contributed by atoms with E-state index in [9.17, 15) is 4.79 Å². The number of benzene rings is 1. The molecule has 0 atom stereocenters. The third-order valence-corrected chi connectivity index (χ3v) is 4.28. The van der Waals surface area contributed by atoms with Crippen molar-refractivity contribution in [1.29, 1.82) is 0 Å². The number of nitrogens with one attached hydrogen (secondary N) is 1. The molecule has 0 spiro atoms. The molecule has 3 aromatic heterocycles. The zero-order chi connectivity index (χ0) is 16.5. The number of carbonyl (C=O) groups excluding carboxylic acids is 1. The third kappa shape index (κ3) is 2.81. The number of rotatable bonds is 4. The Balaban J connectivity index is 1.47. The lowest BCUT2D eigenvalue weighted by atomic mass is 10.2. The highest BCUT2D eigenvalue weighted by molar-refractivity contribution is 7.09. The molecule has 0 unspecified atom stereocenters. The Morgan fingerprint density at radius 1 is 1.25 bits per heavy atom. The molecule has 1 N–H and O–H groups in total. The quantitative estimate of drug-likeness (QED) is 0.612. The van der Waals surface area contributed by atoms with Crippen LogP contribution in [-0.4, -0.2) is 16.0 Å². The summed E-state index contributed by atoms with van der Waals surface area (Å²) in [5.41, 5.74) is 1.82. The summed E-state index contributed by atoms with van der Waals surface area (Å²) in [6.07, 6.45) is 0. The van der Waals surface area contributed by atoms with Gasteiger partial charge in [0.05, 0.1) is 11.6 Å². The predicted octanol–water partition coefficient (Wildman–Crippen LogP) is 3.78. The van der Waals surface area contributed by atoms with Crippen LogP contribution in [0.4, 0.5) is 0 Å². The van der Waals surface area contributed by atoms with Crippen molar-refractivity contribution in [2.24, 2.45) is 0 Å². The Bertz CT molecular complexity index is 982. The van der Waals surface area contributed by atoms with E-state index in [1.165, 1.54) is 11.3 Å². The molecule has 120 valence electrons. The number of carbonyl (C=O) groups is 1. The molecular formula is C17H13N3O3S. The molecule has 6 nitrogen and oxygen atoms in total. The Labute approximate surface area is 141 Å². The fourth-order valence-corrected chi connectivity index (χ4v) is 2.94. The second kappa shape index (κ2) is 5.93. The number of nitrogens with zero attached hydrogens (tertiary/aromatic N) is 2. The van der Waals surface area contributed by atoms with E-state index >= 15 is 0 Å². The number of aryl methyl sites for hydroxylation is 1. The van der Waals surface area contributed by atoms with Crippen LogP contribution in [0.3, 0.4) is 0 Å². The highest BCUT2D eigenvalue weighted by Crippen LogP contribution is 2.28. The maximum atomic E-state index is 12.0. The Morgan fingerprint density at radius 2 is 2.12 bits per heavy atom. The molecule has 0 fully saturated rings. The number of hydrogen-bond acceptors (Lipinski definition) is 6. The van der Waals surface area contributed by atoms with Crippen LogP contribution in [0, 0.1) is 6.92 Å². The summed E-state index contributed by atoms with van der Waals surface area (Å²) in [5.74, 6) is 0.906. The van der Waals surface area contributed by atoms with Crippen LogP contribution in [0.5, 0.6) is 0 Å². The van der Waals surface area contributed by atoms with E-state index in [0.29, 0.717) is 22.9 Å². The van der Waals surface area contributed by atoms with Gasteiger partial charge in [0, 0.05) is 16.8 Å². The molecular weight excluding hydrogens is 326 g/mol. The van der Waals surface area contributed by atoms with E-state index in [2.05, 4.69) is 15.5 Å². The zero-order valence-corrected chi connectivity index (χ0v) is 13.6. The van der Waals surface area contributed by atoms with Crippen molar-refractivity contribution in [1.82, 2.24) is 15.5 Å². The Morgan fingerprint density at radius 3 is 2.92 bits per heavy atom. The van der Waals surface area contributed by atoms with E-state index in [1.54, 1.807) is 11.4 Å². The van der Waals surface area contributed by atoms with Crippen molar-refractivity contribution in [3.63, 3.8) is 0 Å². The van der Waals surface area contributed by atoms with Crippen molar-refractivity contribution < 1.29 is 13.7 Å². The van der Waals surface area contributed by atoms with Crippen LogP contribution in [0.15, 0.2) is 50.7 Å². The van der Waals surface area contributed by atoms with Crippen molar-refractivity contribution in [2.45, 2.75) is 13.5 Å². The van der Waals surface area contributed by atoms with Gasteiger partial charge in [-0.25, -0.2) is 4.98 Å². The zero-order valence-electron chi connectivity index (χ0n) is 12.8. The minimum absolute atomic E-state index is 0.229. The molecule has 0 radical (unpaired) electrons. The van der Waals surface area contributed by atoms with E-state index in [1.807, 2.05) is 37.3 Å². The highest BCUT2D eigenvalue weighted by Gasteiger charge is 2.14. The number of para-hydroxylation sites is 1. The van der Waals surface area contributed by atoms with Gasteiger partial charge in [-0.15, -0.1) is 11.3 Å². The van der Waals surface area contributed by atoms with Gasteiger partial charge in [0.15, 0.2) is 5.76 Å². The monoisotopic (exact) mass is 339 g/mol. The Hall–Kier alpha value is -2.93. The summed E-state index contributed by atoms with van der Waals surface area (Å²) < 4.78 is 11.0. The summed E-state index contributed by atoms with van der Waals surface area (Å²) in [4.78, 5) is 16.1. The van der Waals surface area contributed by atoms with Gasteiger partial charge in [-0.3, -0.25) is 4.79 Å². The molecule has 1 amide bonds. The van der Waals surface area contributed by atoms with Gasteiger partial charge in [-0.2, -0.15) is 0 Å². The van der Waals surface area contributed by atoms with Gasteiger partial charge in [0.2, 0.25) is 5.76 Å². The fraction of sp³-hybridized carbons (Fsp3) is 0.118. The van der Waals surface area contributed by atoms with Crippen molar-refractivity contribution in [3.05, 3.63) is 58.2 Å². The molecule has 24 heavy (non-hydrogen) atoms. The SMILES string of the molecule is Cc1nc(C(=O)NCc2cc(-c3cc4ccccc4o3)on2)cs1. The van der Waals surface area contributed by atoms with Gasteiger partial charge < -0.3 is 14.3 Å². The summed E-state index contributed by atoms with van der Waals surface area (Å²) in [5, 5.41) is 10.3. The molecule has 0 aliphatic heterocycles. The molecule has 0 aliphatic rings. The van der Waals surface area contributed by atoms with Crippen LogP contribution in [0.1, 0.15) is 21.2 Å². The first-order chi connectivity index (χ1) is 11.7. The highest BCUT2D eigenvalue weighted by atomic mass is 32.1. The molecule has 4 aromatic rings. The number of fused-ring (bicyclic) bond motifs is 1. The van der Waals surface area contributed by atoms with Crippen LogP contribution >= 0.6 is 11.3 Å². The Kier molecular flexibility index (Phi) is 3.62. The second-order valence-electron chi connectivity index (χ2n) is 5.27. The topological polar surface area (TPSA) is 81.2 Å². The van der Waals surface area contributed by atoms with Crippen LogP contribution in [0.2, 0.25) is 0 Å². The summed E-state index contributed by atoms with van der Waals surface area (Å²) in [6, 6.07) is 11.4. The lowest BCUT2D eigenvalue weighted by Gasteiger charge is -1.98. The van der Waals surface area contributed by atoms with Crippen LogP contribution < -0.4 is 5.32 Å². The van der Waals surface area contributed by atoms with E-state index in [0.717, 1.165) is 16.0 Å². The molecule has 3 heterocycles. The predicted molar refractivity (Wildman–Crippen MR) is 89.7 cm³/mol. The third-order valence-electron chi connectivity index (χ3n) is 3.51. The smallest absolute Gasteiger partial charge is 0.271 e. The number of aromatic nitrogens is 2. The standard InChI is InChI=1S/C17H13N3O3S/c1-10-19-13(9-24-10)17(21)18-8-12-7-16(23-20-12)15-6-11-4-2-3-5-14(11)22-15/h2-7,9H,8H2,1H3,(H,18,21). The summed E-state index contributed by atoms with van der Waals surface area (Å²) in [7, 11) is 0. The number of amides is 1. The maximum absolute atomic E-state index is 12.0. The average molecular weight is 339 g/mol. The van der Waals surface area contributed by atoms with Crippen molar-refractivity contribution in [3.8, 4) is 11.5 Å². The molecule has 1 aromatic carbocycles. The molecule has 0 bridgehead atoms. The molecule has 0 aliphatic carbocycles. The van der Waals surface area contributed by atoms with Gasteiger partial charge in [-0.1, -0.05) is 23.4 Å². The fourth-order valence-electron chi connectivity index (χ4n) is 2.34. The lowest BCUT2D eigenvalue weighted by molar-refractivity contribution is 0.0945. The van der Waals surface area contributed by atoms with Crippen molar-refractivity contribution in [2.75, 3.05) is 0 Å². The first-order valence-electron chi connectivity index (χ1n) is 7.34. The first-order valence-corrected chi connectivity index (χ1v) is 8.22. The van der Waals surface area contributed by atoms with E-state index in [-0.39, 0.29) is 12.5 Å². The van der Waals surface area contributed by atoms with Crippen LogP contribution in [-0.2, 0) is 6.54 Å². The van der Waals surface area contributed by atoms with Crippen molar-refractivity contribution >= 4 is 28.2 Å². The normalized spacial score (nSPS) is 11.0. The lowest BCUT2D eigenvalue weighted by Crippen LogP contribution is -2.23.